The van der Waals surface area contributed by atoms with Gasteiger partial charge in [-0.3, -0.25) is 9.48 Å². The molecule has 2 aromatic rings. The van der Waals surface area contributed by atoms with Crippen LogP contribution in [0.15, 0.2) is 35.3 Å². The molecular formula is C12H13N3O2. The molecule has 88 valence electrons. The third kappa shape index (κ3) is 1.95. The number of furan rings is 1. The van der Waals surface area contributed by atoms with E-state index in [2.05, 4.69) is 10.4 Å². The van der Waals surface area contributed by atoms with Gasteiger partial charge in [-0.2, -0.15) is 5.10 Å². The average molecular weight is 231 g/mol. The fraction of sp³-hybridized carbons (Fsp3) is 0.333. The van der Waals surface area contributed by atoms with E-state index < -0.39 is 0 Å². The number of carbonyl (C=O) groups is 1. The maximum absolute atomic E-state index is 11.8. The third-order valence-electron chi connectivity index (χ3n) is 3.07. The zero-order valence-electron chi connectivity index (χ0n) is 9.30. The number of nitrogens with one attached hydrogen (secondary N) is 1. The van der Waals surface area contributed by atoms with Crippen molar-refractivity contribution in [3.8, 4) is 0 Å². The molecule has 0 fully saturated rings. The highest BCUT2D eigenvalue weighted by molar-refractivity contribution is 5.93. The molecule has 0 saturated heterocycles. The summed E-state index contributed by atoms with van der Waals surface area (Å²) in [6, 6.07) is 3.85. The first-order valence-electron chi connectivity index (χ1n) is 5.66. The first-order valence-corrected chi connectivity index (χ1v) is 5.66. The molecule has 3 heterocycles. The number of hydrogen-bond donors (Lipinski definition) is 1. The summed E-state index contributed by atoms with van der Waals surface area (Å²) in [6.07, 6.45) is 6.52. The standard InChI is InChI=1S/C12H13N3O2/c16-12(9-3-6-17-8-9)14-10-2-5-15-11(7-10)1-4-13-15/h1,3-4,6,8,10H,2,5,7H2,(H,14,16). The molecule has 5 heteroatoms. The Kier molecular flexibility index (Phi) is 2.44. The number of hydrogen-bond acceptors (Lipinski definition) is 3. The van der Waals surface area contributed by atoms with E-state index in [9.17, 15) is 4.79 Å². The van der Waals surface area contributed by atoms with E-state index in [1.54, 1.807) is 12.3 Å². The third-order valence-corrected chi connectivity index (χ3v) is 3.07. The van der Waals surface area contributed by atoms with Crippen molar-refractivity contribution in [2.24, 2.45) is 0 Å². The SMILES string of the molecule is O=C(NC1CCn2nccc2C1)c1ccoc1. The largest absolute Gasteiger partial charge is 0.472 e. The van der Waals surface area contributed by atoms with Crippen molar-refractivity contribution >= 4 is 5.91 Å². The zero-order valence-corrected chi connectivity index (χ0v) is 9.30. The highest BCUT2D eigenvalue weighted by Gasteiger charge is 2.21. The lowest BCUT2D eigenvalue weighted by Crippen LogP contribution is -2.40. The fourth-order valence-electron chi connectivity index (χ4n) is 2.15. The lowest BCUT2D eigenvalue weighted by molar-refractivity contribution is 0.0929. The summed E-state index contributed by atoms with van der Waals surface area (Å²) in [6.45, 7) is 0.860. The fourth-order valence-corrected chi connectivity index (χ4v) is 2.15. The molecular weight excluding hydrogens is 218 g/mol. The quantitative estimate of drug-likeness (QED) is 0.845. The predicted octanol–water partition coefficient (Wildman–Crippen LogP) is 1.22. The Balaban J connectivity index is 1.66. The number of nitrogens with zero attached hydrogens (tertiary/aromatic N) is 2. The van der Waals surface area contributed by atoms with Gasteiger partial charge in [0.15, 0.2) is 0 Å². The van der Waals surface area contributed by atoms with Gasteiger partial charge < -0.3 is 9.73 Å². The highest BCUT2D eigenvalue weighted by Crippen LogP contribution is 2.14. The van der Waals surface area contributed by atoms with Gasteiger partial charge in [-0.1, -0.05) is 0 Å². The molecule has 0 saturated carbocycles. The number of amides is 1. The van der Waals surface area contributed by atoms with Gasteiger partial charge in [0.1, 0.15) is 6.26 Å². The number of carbonyl (C=O) groups excluding carboxylic acids is 1. The molecule has 1 aliphatic heterocycles. The average Bonchev–Trinajstić information content (AvgIpc) is 2.99. The summed E-state index contributed by atoms with van der Waals surface area (Å²) in [5, 5.41) is 7.22. The van der Waals surface area contributed by atoms with Crippen molar-refractivity contribution in [2.75, 3.05) is 0 Å². The van der Waals surface area contributed by atoms with Crippen LogP contribution in [0.2, 0.25) is 0 Å². The summed E-state index contributed by atoms with van der Waals surface area (Å²) in [5.74, 6) is -0.0725. The molecule has 5 nitrogen and oxygen atoms in total. The number of aryl methyl sites for hydroxylation is 1. The Labute approximate surface area is 98.4 Å². The minimum atomic E-state index is -0.0725. The molecule has 0 aromatic carbocycles. The van der Waals surface area contributed by atoms with Crippen LogP contribution >= 0.6 is 0 Å². The van der Waals surface area contributed by atoms with Crippen LogP contribution in [0, 0.1) is 0 Å². The monoisotopic (exact) mass is 231 g/mol. The van der Waals surface area contributed by atoms with E-state index in [0.717, 1.165) is 19.4 Å². The Morgan fingerprint density at radius 1 is 1.53 bits per heavy atom. The number of aromatic nitrogens is 2. The first-order chi connectivity index (χ1) is 8.33. The molecule has 0 spiro atoms. The molecule has 1 amide bonds. The lowest BCUT2D eigenvalue weighted by atomic mass is 10.0. The van der Waals surface area contributed by atoms with Crippen molar-refractivity contribution in [1.82, 2.24) is 15.1 Å². The van der Waals surface area contributed by atoms with Crippen LogP contribution in [0.25, 0.3) is 0 Å². The van der Waals surface area contributed by atoms with Crippen molar-refractivity contribution in [3.63, 3.8) is 0 Å². The van der Waals surface area contributed by atoms with Crippen LogP contribution in [0.1, 0.15) is 22.5 Å². The van der Waals surface area contributed by atoms with Gasteiger partial charge in [-0.15, -0.1) is 0 Å². The van der Waals surface area contributed by atoms with Gasteiger partial charge in [0.25, 0.3) is 5.91 Å². The number of rotatable bonds is 2. The summed E-state index contributed by atoms with van der Waals surface area (Å²) >= 11 is 0. The normalized spacial score (nSPS) is 18.7. The Bertz CT molecular complexity index is 516. The molecule has 1 N–H and O–H groups in total. The zero-order chi connectivity index (χ0) is 11.7. The Morgan fingerprint density at radius 2 is 2.47 bits per heavy atom. The summed E-state index contributed by atoms with van der Waals surface area (Å²) in [7, 11) is 0. The molecule has 0 radical (unpaired) electrons. The molecule has 3 rings (SSSR count). The van der Waals surface area contributed by atoms with Gasteiger partial charge in [0.2, 0.25) is 0 Å². The summed E-state index contributed by atoms with van der Waals surface area (Å²) in [4.78, 5) is 11.8. The van der Waals surface area contributed by atoms with Crippen molar-refractivity contribution < 1.29 is 9.21 Å². The maximum Gasteiger partial charge on any atom is 0.254 e. The summed E-state index contributed by atoms with van der Waals surface area (Å²) in [5.41, 5.74) is 1.75. The van der Waals surface area contributed by atoms with Crippen molar-refractivity contribution in [1.29, 1.82) is 0 Å². The smallest absolute Gasteiger partial charge is 0.254 e. The van der Waals surface area contributed by atoms with E-state index in [0.29, 0.717) is 5.56 Å². The molecule has 1 atom stereocenters. The molecule has 17 heavy (non-hydrogen) atoms. The van der Waals surface area contributed by atoms with Gasteiger partial charge in [0.05, 0.1) is 11.8 Å². The first kappa shape index (κ1) is 10.1. The van der Waals surface area contributed by atoms with Crippen molar-refractivity contribution in [2.45, 2.75) is 25.4 Å². The van der Waals surface area contributed by atoms with Crippen molar-refractivity contribution in [3.05, 3.63) is 42.1 Å². The van der Waals surface area contributed by atoms with Crippen LogP contribution in [0.3, 0.4) is 0 Å². The highest BCUT2D eigenvalue weighted by atomic mass is 16.3. The second kappa shape index (κ2) is 4.08. The minimum absolute atomic E-state index is 0.0725. The van der Waals surface area contributed by atoms with Crippen LogP contribution in [-0.2, 0) is 13.0 Å². The topological polar surface area (TPSA) is 60.1 Å². The Hall–Kier alpha value is -2.04. The van der Waals surface area contributed by atoms with E-state index in [-0.39, 0.29) is 11.9 Å². The number of fused-ring (bicyclic) bond motifs is 1. The van der Waals surface area contributed by atoms with E-state index in [4.69, 9.17) is 4.42 Å². The second-order valence-corrected chi connectivity index (χ2v) is 4.22. The van der Waals surface area contributed by atoms with Crippen LogP contribution in [-0.4, -0.2) is 21.7 Å². The molecule has 2 aromatic heterocycles. The second-order valence-electron chi connectivity index (χ2n) is 4.22. The lowest BCUT2D eigenvalue weighted by Gasteiger charge is -2.24. The van der Waals surface area contributed by atoms with Crippen LogP contribution in [0.5, 0.6) is 0 Å². The Morgan fingerprint density at radius 3 is 3.29 bits per heavy atom. The van der Waals surface area contributed by atoms with Gasteiger partial charge >= 0.3 is 0 Å². The van der Waals surface area contributed by atoms with E-state index in [1.165, 1.54) is 18.2 Å². The molecule has 1 unspecified atom stereocenters. The van der Waals surface area contributed by atoms with Crippen LogP contribution < -0.4 is 5.32 Å². The van der Waals surface area contributed by atoms with Gasteiger partial charge in [-0.25, -0.2) is 0 Å². The van der Waals surface area contributed by atoms with E-state index in [1.807, 2.05) is 10.7 Å². The molecule has 0 aliphatic carbocycles. The van der Waals surface area contributed by atoms with Crippen LogP contribution in [0.4, 0.5) is 0 Å². The molecule has 0 bridgehead atoms. The van der Waals surface area contributed by atoms with E-state index >= 15 is 0 Å². The van der Waals surface area contributed by atoms with Gasteiger partial charge in [-0.05, 0) is 18.6 Å². The molecule has 1 aliphatic rings. The summed E-state index contributed by atoms with van der Waals surface area (Å²) < 4.78 is 6.88. The predicted molar refractivity (Wildman–Crippen MR) is 60.5 cm³/mol. The minimum Gasteiger partial charge on any atom is -0.472 e. The van der Waals surface area contributed by atoms with Gasteiger partial charge in [0, 0.05) is 30.9 Å². The maximum atomic E-state index is 11.8.